The molecular formula is C27H25F2N5O. The van der Waals surface area contributed by atoms with Gasteiger partial charge < -0.3 is 4.74 Å². The number of ether oxygens (including phenoxy) is 1. The summed E-state index contributed by atoms with van der Waals surface area (Å²) in [7, 11) is 0. The van der Waals surface area contributed by atoms with Gasteiger partial charge >= 0.3 is 0 Å². The number of aromatic nitrogens is 4. The molecular weight excluding hydrogens is 448 g/mol. The Morgan fingerprint density at radius 1 is 1.06 bits per heavy atom. The van der Waals surface area contributed by atoms with E-state index in [0.717, 1.165) is 30.6 Å². The molecule has 3 aromatic heterocycles. The van der Waals surface area contributed by atoms with Crippen molar-refractivity contribution in [3.63, 3.8) is 0 Å². The van der Waals surface area contributed by atoms with E-state index >= 15 is 0 Å². The van der Waals surface area contributed by atoms with E-state index in [2.05, 4.69) is 16.2 Å². The summed E-state index contributed by atoms with van der Waals surface area (Å²) in [6.45, 7) is 3.03. The number of fused-ring (bicyclic) bond motifs is 1. The van der Waals surface area contributed by atoms with Crippen LogP contribution in [0.15, 0.2) is 48.8 Å². The SMILES string of the molecule is Cc1ccc2c(-c3ccc(F)cc3F)nc(C3CCOCC3)c(C#N)c2n1.c1cnn(C2CC2)c1. The van der Waals surface area contributed by atoms with Gasteiger partial charge in [0.15, 0.2) is 0 Å². The maximum absolute atomic E-state index is 14.5. The lowest BCUT2D eigenvalue weighted by Gasteiger charge is -2.23. The Balaban J connectivity index is 0.000000265. The predicted molar refractivity (Wildman–Crippen MR) is 128 cm³/mol. The number of aryl methyl sites for hydroxylation is 1. The van der Waals surface area contributed by atoms with E-state index in [0.29, 0.717) is 41.1 Å². The lowest BCUT2D eigenvalue weighted by atomic mass is 9.90. The van der Waals surface area contributed by atoms with Gasteiger partial charge in [-0.1, -0.05) is 0 Å². The number of nitriles is 1. The van der Waals surface area contributed by atoms with Crippen LogP contribution in [0, 0.1) is 29.9 Å². The number of nitrogens with zero attached hydrogens (tertiary/aromatic N) is 5. The smallest absolute Gasteiger partial charge is 0.135 e. The third-order valence-corrected chi connectivity index (χ3v) is 6.37. The summed E-state index contributed by atoms with van der Waals surface area (Å²) >= 11 is 0. The van der Waals surface area contributed by atoms with Crippen LogP contribution in [0.1, 0.15) is 54.6 Å². The van der Waals surface area contributed by atoms with Crippen molar-refractivity contribution in [3.8, 4) is 17.3 Å². The molecule has 8 heteroatoms. The maximum atomic E-state index is 14.5. The lowest BCUT2D eigenvalue weighted by molar-refractivity contribution is 0.0845. The van der Waals surface area contributed by atoms with Gasteiger partial charge in [-0.15, -0.1) is 0 Å². The van der Waals surface area contributed by atoms with Crippen molar-refractivity contribution in [2.24, 2.45) is 0 Å². The van der Waals surface area contributed by atoms with Crippen molar-refractivity contribution in [1.82, 2.24) is 19.7 Å². The normalized spacial score (nSPS) is 15.9. The van der Waals surface area contributed by atoms with Gasteiger partial charge in [0, 0.05) is 54.2 Å². The molecule has 0 unspecified atom stereocenters. The Kier molecular flexibility index (Phi) is 6.51. The summed E-state index contributed by atoms with van der Waals surface area (Å²) in [6, 6.07) is 12.0. The van der Waals surface area contributed by atoms with Crippen molar-refractivity contribution in [2.45, 2.75) is 44.6 Å². The molecule has 1 aliphatic heterocycles. The third kappa shape index (κ3) is 4.91. The molecule has 2 fully saturated rings. The standard InChI is InChI=1S/C21H17F2N3O.C6H8N2/c1-12-2-4-16-20(15-5-3-14(22)10-18(15)23)26-19(13-6-8-27-9-7-13)17(11-24)21(16)25-12;1-4-7-8(5-1)6-2-3-6/h2-5,10,13H,6-9H2,1H3;1,4-6H,2-3H2. The molecule has 1 aromatic carbocycles. The number of rotatable bonds is 3. The highest BCUT2D eigenvalue weighted by Crippen LogP contribution is 2.36. The fraction of sp³-hybridized carbons (Fsp3) is 0.333. The van der Waals surface area contributed by atoms with Crippen molar-refractivity contribution in [1.29, 1.82) is 5.26 Å². The Labute approximate surface area is 202 Å². The van der Waals surface area contributed by atoms with Crippen LogP contribution in [-0.2, 0) is 4.74 Å². The first-order valence-electron chi connectivity index (χ1n) is 11.8. The first-order valence-corrected chi connectivity index (χ1v) is 11.8. The molecule has 2 aliphatic rings. The van der Waals surface area contributed by atoms with E-state index in [9.17, 15) is 14.0 Å². The number of pyridine rings is 2. The molecule has 1 saturated carbocycles. The van der Waals surface area contributed by atoms with Crippen LogP contribution in [-0.4, -0.2) is 33.0 Å². The maximum Gasteiger partial charge on any atom is 0.135 e. The summed E-state index contributed by atoms with van der Waals surface area (Å²) in [6.07, 6.45) is 7.98. The molecule has 4 aromatic rings. The van der Waals surface area contributed by atoms with Crippen LogP contribution in [0.2, 0.25) is 0 Å². The van der Waals surface area contributed by atoms with Gasteiger partial charge in [0.05, 0.1) is 22.9 Å². The van der Waals surface area contributed by atoms with Gasteiger partial charge in [-0.3, -0.25) is 14.6 Å². The van der Waals surface area contributed by atoms with E-state index in [1.165, 1.54) is 25.0 Å². The van der Waals surface area contributed by atoms with Gasteiger partial charge in [0.25, 0.3) is 0 Å². The zero-order valence-corrected chi connectivity index (χ0v) is 19.4. The largest absolute Gasteiger partial charge is 0.381 e. The number of hydrogen-bond donors (Lipinski definition) is 0. The summed E-state index contributed by atoms with van der Waals surface area (Å²) in [5.41, 5.74) is 2.89. The van der Waals surface area contributed by atoms with E-state index < -0.39 is 11.6 Å². The molecule has 0 amide bonds. The Hall–Kier alpha value is -3.70. The third-order valence-electron chi connectivity index (χ3n) is 6.37. The second-order valence-corrected chi connectivity index (χ2v) is 8.91. The van der Waals surface area contributed by atoms with Crippen molar-refractivity contribution < 1.29 is 13.5 Å². The number of halogens is 2. The average molecular weight is 474 g/mol. The Morgan fingerprint density at radius 3 is 2.51 bits per heavy atom. The summed E-state index contributed by atoms with van der Waals surface area (Å²) in [5.74, 6) is -1.29. The average Bonchev–Trinajstić information content (AvgIpc) is 3.57. The molecule has 0 radical (unpaired) electrons. The minimum Gasteiger partial charge on any atom is -0.381 e. The minimum absolute atomic E-state index is 0.0439. The second-order valence-electron chi connectivity index (χ2n) is 8.91. The Morgan fingerprint density at radius 2 is 1.86 bits per heavy atom. The van der Waals surface area contributed by atoms with Crippen molar-refractivity contribution in [2.75, 3.05) is 13.2 Å². The highest BCUT2D eigenvalue weighted by Gasteiger charge is 2.26. The Bertz CT molecular complexity index is 1390. The van der Waals surface area contributed by atoms with Gasteiger partial charge in [0.2, 0.25) is 0 Å². The van der Waals surface area contributed by atoms with Gasteiger partial charge in [-0.25, -0.2) is 8.78 Å². The molecule has 6 nitrogen and oxygen atoms in total. The molecule has 178 valence electrons. The van der Waals surface area contributed by atoms with Crippen LogP contribution in [0.3, 0.4) is 0 Å². The van der Waals surface area contributed by atoms with Crippen molar-refractivity contribution in [3.05, 3.63) is 77.4 Å². The van der Waals surface area contributed by atoms with Crippen LogP contribution in [0.4, 0.5) is 8.78 Å². The molecule has 4 heterocycles. The molecule has 35 heavy (non-hydrogen) atoms. The fourth-order valence-corrected chi connectivity index (χ4v) is 4.40. The monoisotopic (exact) mass is 473 g/mol. The van der Waals surface area contributed by atoms with Crippen LogP contribution < -0.4 is 0 Å². The van der Waals surface area contributed by atoms with Crippen LogP contribution >= 0.6 is 0 Å². The first-order chi connectivity index (χ1) is 17.0. The molecule has 0 N–H and O–H groups in total. The zero-order valence-electron chi connectivity index (χ0n) is 19.4. The minimum atomic E-state index is -0.688. The van der Waals surface area contributed by atoms with Gasteiger partial charge in [-0.05, 0) is 62.9 Å². The second kappa shape index (κ2) is 9.88. The first kappa shape index (κ1) is 23.1. The van der Waals surface area contributed by atoms with Crippen LogP contribution in [0.25, 0.3) is 22.2 Å². The predicted octanol–water partition coefficient (Wildman–Crippen LogP) is 5.87. The number of hydrogen-bond acceptors (Lipinski definition) is 5. The van der Waals surface area contributed by atoms with E-state index in [4.69, 9.17) is 9.72 Å². The summed E-state index contributed by atoms with van der Waals surface area (Å²) in [5, 5.41) is 14.5. The fourth-order valence-electron chi connectivity index (χ4n) is 4.40. The molecule has 6 rings (SSSR count). The summed E-state index contributed by atoms with van der Waals surface area (Å²) < 4.78 is 35.4. The topological polar surface area (TPSA) is 76.6 Å². The molecule has 0 bridgehead atoms. The highest BCUT2D eigenvalue weighted by molar-refractivity contribution is 5.96. The van der Waals surface area contributed by atoms with Crippen LogP contribution in [0.5, 0.6) is 0 Å². The molecule has 0 atom stereocenters. The van der Waals surface area contributed by atoms with Crippen molar-refractivity contribution >= 4 is 10.9 Å². The van der Waals surface area contributed by atoms with E-state index in [1.807, 2.05) is 30.1 Å². The molecule has 1 aliphatic carbocycles. The highest BCUT2D eigenvalue weighted by atomic mass is 19.1. The molecule has 1 saturated heterocycles. The lowest BCUT2D eigenvalue weighted by Crippen LogP contribution is -2.17. The summed E-state index contributed by atoms with van der Waals surface area (Å²) in [4.78, 5) is 9.25. The quantitative estimate of drug-likeness (QED) is 0.372. The zero-order chi connectivity index (χ0) is 24.4. The van der Waals surface area contributed by atoms with E-state index in [1.54, 1.807) is 12.1 Å². The number of benzene rings is 1. The van der Waals surface area contributed by atoms with Gasteiger partial charge in [0.1, 0.15) is 23.3 Å². The van der Waals surface area contributed by atoms with Gasteiger partial charge in [-0.2, -0.15) is 10.4 Å². The molecule has 0 spiro atoms. The van der Waals surface area contributed by atoms with E-state index in [-0.39, 0.29) is 11.5 Å².